The largest absolute Gasteiger partial charge is 0.497 e. The average Bonchev–Trinajstić information content (AvgIpc) is 2.47. The Bertz CT molecular complexity index is 746. The molecule has 2 rings (SSSR count). The molecule has 0 saturated carbocycles. The molecule has 6 nitrogen and oxygen atoms in total. The van der Waals surface area contributed by atoms with Crippen LogP contribution in [0, 0.1) is 0 Å². The van der Waals surface area contributed by atoms with Crippen LogP contribution in [0.5, 0.6) is 11.6 Å². The first-order valence-corrected chi connectivity index (χ1v) is 6.74. The molecule has 1 aromatic carbocycles. The lowest BCUT2D eigenvalue weighted by Crippen LogP contribution is -2.32. The smallest absolute Gasteiger partial charge is 0.331 e. The third kappa shape index (κ3) is 3.16. The summed E-state index contributed by atoms with van der Waals surface area (Å²) in [6.45, 7) is 2.03. The predicted molar refractivity (Wildman–Crippen MR) is 79.1 cm³/mol. The molecule has 0 atom stereocenters. The van der Waals surface area contributed by atoms with Gasteiger partial charge in [0.05, 0.1) is 12.7 Å². The lowest BCUT2D eigenvalue weighted by atomic mass is 10.1. The van der Waals surface area contributed by atoms with Gasteiger partial charge in [-0.15, -0.1) is 0 Å². The summed E-state index contributed by atoms with van der Waals surface area (Å²) in [5.41, 5.74) is 0.0698. The third-order valence-corrected chi connectivity index (χ3v) is 3.38. The fraction of sp³-hybridized carbons (Fsp3) is 0.333. The van der Waals surface area contributed by atoms with Crippen LogP contribution in [0.25, 0.3) is 0 Å². The zero-order chi connectivity index (χ0) is 15.4. The highest BCUT2D eigenvalue weighted by Gasteiger charge is 2.12. The van der Waals surface area contributed by atoms with Crippen LogP contribution >= 0.6 is 0 Å². The number of H-pyrrole nitrogens is 1. The topological polar surface area (TPSA) is 84.3 Å². The van der Waals surface area contributed by atoms with Crippen molar-refractivity contribution in [3.05, 3.63) is 56.2 Å². The Kier molecular flexibility index (Phi) is 4.47. The molecular weight excluding hydrogens is 272 g/mol. The lowest BCUT2D eigenvalue weighted by Gasteiger charge is -2.11. The molecule has 0 unspecified atom stereocenters. The zero-order valence-electron chi connectivity index (χ0n) is 12.0. The molecule has 0 aliphatic rings. The molecule has 112 valence electrons. The number of rotatable bonds is 5. The summed E-state index contributed by atoms with van der Waals surface area (Å²) in [6, 6.07) is 7.48. The Morgan fingerprint density at radius 2 is 2.10 bits per heavy atom. The number of nitrogens with zero attached hydrogens (tertiary/aromatic N) is 1. The number of hydrogen-bond donors (Lipinski definition) is 2. The summed E-state index contributed by atoms with van der Waals surface area (Å²) >= 11 is 0. The number of benzene rings is 1. The summed E-state index contributed by atoms with van der Waals surface area (Å²) < 4.78 is 6.32. The number of hydrogen-bond acceptors (Lipinski definition) is 4. The van der Waals surface area contributed by atoms with Gasteiger partial charge in [0.1, 0.15) is 5.75 Å². The number of aromatic nitrogens is 2. The zero-order valence-corrected chi connectivity index (χ0v) is 12.0. The van der Waals surface area contributed by atoms with Crippen LogP contribution < -0.4 is 16.0 Å². The van der Waals surface area contributed by atoms with Crippen LogP contribution in [-0.2, 0) is 19.4 Å². The molecule has 0 spiro atoms. The molecule has 0 bridgehead atoms. The maximum absolute atomic E-state index is 11.8. The van der Waals surface area contributed by atoms with Crippen LogP contribution in [0.2, 0.25) is 0 Å². The normalized spacial score (nSPS) is 10.6. The van der Waals surface area contributed by atoms with Crippen molar-refractivity contribution < 1.29 is 9.84 Å². The van der Waals surface area contributed by atoms with Gasteiger partial charge in [-0.3, -0.25) is 14.3 Å². The minimum atomic E-state index is -0.599. The van der Waals surface area contributed by atoms with E-state index in [0.29, 0.717) is 12.8 Å². The van der Waals surface area contributed by atoms with Crippen LogP contribution in [0.4, 0.5) is 0 Å². The summed E-state index contributed by atoms with van der Waals surface area (Å²) in [5.74, 6) is 0.480. The van der Waals surface area contributed by atoms with Gasteiger partial charge in [0.2, 0.25) is 5.88 Å². The number of aromatic hydroxyl groups is 1. The Labute approximate surface area is 121 Å². The van der Waals surface area contributed by atoms with E-state index in [1.807, 2.05) is 24.3 Å². The molecular formula is C15H18N2O4. The fourth-order valence-electron chi connectivity index (χ4n) is 2.20. The van der Waals surface area contributed by atoms with Crippen molar-refractivity contribution in [2.45, 2.75) is 26.3 Å². The molecule has 0 fully saturated rings. The Morgan fingerprint density at radius 1 is 1.33 bits per heavy atom. The van der Waals surface area contributed by atoms with Crippen molar-refractivity contribution in [1.29, 1.82) is 0 Å². The van der Waals surface area contributed by atoms with Crippen LogP contribution in [0.1, 0.15) is 18.1 Å². The van der Waals surface area contributed by atoms with E-state index in [9.17, 15) is 14.7 Å². The number of methoxy groups -OCH3 is 1. The van der Waals surface area contributed by atoms with E-state index in [0.717, 1.165) is 11.3 Å². The van der Waals surface area contributed by atoms with Crippen molar-refractivity contribution in [3.63, 3.8) is 0 Å². The third-order valence-electron chi connectivity index (χ3n) is 3.38. The van der Waals surface area contributed by atoms with Crippen LogP contribution in [0.15, 0.2) is 33.9 Å². The van der Waals surface area contributed by atoms with Gasteiger partial charge in [0.15, 0.2) is 0 Å². The summed E-state index contributed by atoms with van der Waals surface area (Å²) in [6.07, 6.45) is 0.903. The van der Waals surface area contributed by atoms with Crippen molar-refractivity contribution in [2.75, 3.05) is 7.11 Å². The molecule has 1 heterocycles. The molecule has 1 aromatic heterocycles. The molecule has 2 N–H and O–H groups in total. The number of aromatic amines is 1. The van der Waals surface area contributed by atoms with Crippen molar-refractivity contribution in [1.82, 2.24) is 9.55 Å². The van der Waals surface area contributed by atoms with E-state index in [1.54, 1.807) is 14.0 Å². The van der Waals surface area contributed by atoms with E-state index < -0.39 is 11.2 Å². The standard InChI is InChI=1S/C15H18N2O4/c1-3-12-13(18)16-15(20)17(14(12)19)8-7-10-5-4-6-11(9-10)21-2/h4-6,9,19H,3,7-8H2,1-2H3,(H,16,18,20). The molecule has 21 heavy (non-hydrogen) atoms. The molecule has 0 aliphatic carbocycles. The van der Waals surface area contributed by atoms with Crippen molar-refractivity contribution in [3.8, 4) is 11.6 Å². The van der Waals surface area contributed by atoms with Gasteiger partial charge in [0, 0.05) is 6.54 Å². The monoisotopic (exact) mass is 290 g/mol. The SMILES string of the molecule is CCc1c(O)n(CCc2cccc(OC)c2)c(=O)[nH]c1=O. The van der Waals surface area contributed by atoms with E-state index >= 15 is 0 Å². The molecule has 0 amide bonds. The van der Waals surface area contributed by atoms with Crippen LogP contribution in [-0.4, -0.2) is 21.8 Å². The van der Waals surface area contributed by atoms with Gasteiger partial charge >= 0.3 is 5.69 Å². The number of aryl methyl sites for hydroxylation is 1. The fourth-order valence-corrected chi connectivity index (χ4v) is 2.20. The van der Waals surface area contributed by atoms with E-state index in [-0.39, 0.29) is 18.0 Å². The first-order valence-electron chi connectivity index (χ1n) is 6.74. The second kappa shape index (κ2) is 6.30. The highest BCUT2D eigenvalue weighted by atomic mass is 16.5. The Hall–Kier alpha value is -2.50. The maximum atomic E-state index is 11.8. The first-order chi connectivity index (χ1) is 10.1. The van der Waals surface area contributed by atoms with Gasteiger partial charge in [-0.05, 0) is 30.5 Å². The lowest BCUT2D eigenvalue weighted by molar-refractivity contribution is 0.393. The van der Waals surface area contributed by atoms with Crippen molar-refractivity contribution >= 4 is 0 Å². The minimum absolute atomic E-state index is 0.222. The average molecular weight is 290 g/mol. The minimum Gasteiger partial charge on any atom is -0.497 e. The molecule has 6 heteroatoms. The van der Waals surface area contributed by atoms with Gasteiger partial charge in [-0.1, -0.05) is 19.1 Å². The molecule has 0 aliphatic heterocycles. The number of nitrogens with one attached hydrogen (secondary N) is 1. The van der Waals surface area contributed by atoms with Crippen LogP contribution in [0.3, 0.4) is 0 Å². The second-order valence-corrected chi connectivity index (χ2v) is 4.67. The maximum Gasteiger partial charge on any atom is 0.331 e. The van der Waals surface area contributed by atoms with Gasteiger partial charge in [-0.25, -0.2) is 4.79 Å². The summed E-state index contributed by atoms with van der Waals surface area (Å²) in [5, 5.41) is 10.0. The van der Waals surface area contributed by atoms with Crippen molar-refractivity contribution in [2.24, 2.45) is 0 Å². The van der Waals surface area contributed by atoms with E-state index in [1.165, 1.54) is 4.57 Å². The molecule has 2 aromatic rings. The highest BCUT2D eigenvalue weighted by Crippen LogP contribution is 2.15. The van der Waals surface area contributed by atoms with Gasteiger partial charge in [0.25, 0.3) is 5.56 Å². The van der Waals surface area contributed by atoms with Gasteiger partial charge in [-0.2, -0.15) is 0 Å². The molecule has 0 radical (unpaired) electrons. The summed E-state index contributed by atoms with van der Waals surface area (Å²) in [7, 11) is 1.59. The second-order valence-electron chi connectivity index (χ2n) is 4.67. The van der Waals surface area contributed by atoms with E-state index in [2.05, 4.69) is 4.98 Å². The summed E-state index contributed by atoms with van der Waals surface area (Å²) in [4.78, 5) is 25.6. The predicted octanol–water partition coefficient (Wildman–Crippen LogP) is 1.06. The Balaban J connectivity index is 2.28. The molecule has 0 saturated heterocycles. The highest BCUT2D eigenvalue weighted by molar-refractivity contribution is 5.29. The Morgan fingerprint density at radius 3 is 2.76 bits per heavy atom. The number of ether oxygens (including phenoxy) is 1. The first kappa shape index (κ1) is 14.9. The van der Waals surface area contributed by atoms with Gasteiger partial charge < -0.3 is 9.84 Å². The quantitative estimate of drug-likeness (QED) is 0.862. The van der Waals surface area contributed by atoms with E-state index in [4.69, 9.17) is 4.74 Å².